The second-order valence-corrected chi connectivity index (χ2v) is 7.57. The molecule has 0 unspecified atom stereocenters. The highest BCUT2D eigenvalue weighted by Crippen LogP contribution is 2.38. The monoisotopic (exact) mass is 336 g/mol. The van der Waals surface area contributed by atoms with Gasteiger partial charge < -0.3 is 21.1 Å². The number of hydrogen-bond donors (Lipinski definition) is 3. The summed E-state index contributed by atoms with van der Waals surface area (Å²) in [6, 6.07) is 2.02. The van der Waals surface area contributed by atoms with Gasteiger partial charge in [-0.25, -0.2) is 0 Å². The standard InChI is InChI=1S/C17H28N4O3/c1-16(2)8-13(19)9-17(3,4)21(16)11-12(10-18)15(24)20-7-5-6-14(22)23/h11,13H,5-9,19H2,1-4H3,(H,20,24)(H,22,23)/b12-11-. The summed E-state index contributed by atoms with van der Waals surface area (Å²) in [5.41, 5.74) is 5.61. The Balaban J connectivity index is 2.87. The highest BCUT2D eigenvalue weighted by atomic mass is 16.4. The van der Waals surface area contributed by atoms with E-state index in [0.29, 0.717) is 6.42 Å². The first-order valence-corrected chi connectivity index (χ1v) is 8.16. The Hall–Kier alpha value is -2.07. The molecule has 1 aliphatic heterocycles. The van der Waals surface area contributed by atoms with Crippen molar-refractivity contribution < 1.29 is 14.7 Å². The van der Waals surface area contributed by atoms with Gasteiger partial charge in [0.1, 0.15) is 11.6 Å². The molecule has 1 heterocycles. The van der Waals surface area contributed by atoms with E-state index in [1.54, 1.807) is 6.20 Å². The number of nitrogens with two attached hydrogens (primary N) is 1. The number of rotatable bonds is 6. The molecule has 0 bridgehead atoms. The lowest BCUT2D eigenvalue weighted by atomic mass is 9.77. The van der Waals surface area contributed by atoms with Crippen LogP contribution >= 0.6 is 0 Å². The van der Waals surface area contributed by atoms with Crippen LogP contribution in [0.4, 0.5) is 0 Å². The van der Waals surface area contributed by atoms with Crippen LogP contribution in [0.1, 0.15) is 53.4 Å². The number of carbonyl (C=O) groups excluding carboxylic acids is 1. The molecule has 0 aliphatic carbocycles. The molecular weight excluding hydrogens is 308 g/mol. The van der Waals surface area contributed by atoms with Gasteiger partial charge in [0.25, 0.3) is 5.91 Å². The van der Waals surface area contributed by atoms with Gasteiger partial charge >= 0.3 is 5.97 Å². The zero-order chi connectivity index (χ0) is 18.5. The first-order chi connectivity index (χ1) is 11.0. The van der Waals surface area contributed by atoms with Crippen LogP contribution in [-0.4, -0.2) is 45.5 Å². The van der Waals surface area contributed by atoms with Crippen LogP contribution in [-0.2, 0) is 9.59 Å². The van der Waals surface area contributed by atoms with E-state index in [2.05, 4.69) is 5.32 Å². The van der Waals surface area contributed by atoms with Crippen LogP contribution < -0.4 is 11.1 Å². The highest BCUT2D eigenvalue weighted by molar-refractivity contribution is 5.97. The molecule has 4 N–H and O–H groups in total. The number of piperidine rings is 1. The molecule has 0 saturated carbocycles. The molecule has 0 aromatic rings. The average Bonchev–Trinajstić information content (AvgIpc) is 2.40. The maximum atomic E-state index is 12.2. The molecular formula is C17H28N4O3. The van der Waals surface area contributed by atoms with Crippen molar-refractivity contribution in [1.29, 1.82) is 5.26 Å². The number of carbonyl (C=O) groups is 2. The number of hydrogen-bond acceptors (Lipinski definition) is 5. The predicted molar refractivity (Wildman–Crippen MR) is 90.8 cm³/mol. The van der Waals surface area contributed by atoms with E-state index in [1.807, 2.05) is 38.7 Å². The van der Waals surface area contributed by atoms with Crippen molar-refractivity contribution in [2.45, 2.75) is 70.5 Å². The predicted octanol–water partition coefficient (Wildman–Crippen LogP) is 1.36. The van der Waals surface area contributed by atoms with Gasteiger partial charge in [-0.15, -0.1) is 0 Å². The second kappa shape index (κ2) is 7.67. The van der Waals surface area contributed by atoms with Crippen LogP contribution in [0.5, 0.6) is 0 Å². The Morgan fingerprint density at radius 2 is 1.88 bits per heavy atom. The van der Waals surface area contributed by atoms with Gasteiger partial charge in [0.15, 0.2) is 0 Å². The minimum atomic E-state index is -0.909. The number of carboxylic acid groups (broad SMARTS) is 1. The summed E-state index contributed by atoms with van der Waals surface area (Å²) >= 11 is 0. The number of likely N-dealkylation sites (tertiary alicyclic amines) is 1. The molecule has 7 nitrogen and oxygen atoms in total. The molecule has 0 aromatic carbocycles. The van der Waals surface area contributed by atoms with E-state index >= 15 is 0 Å². The van der Waals surface area contributed by atoms with Gasteiger partial charge in [-0.3, -0.25) is 9.59 Å². The molecule has 0 radical (unpaired) electrons. The van der Waals surface area contributed by atoms with Gasteiger partial charge in [0.05, 0.1) is 0 Å². The Morgan fingerprint density at radius 1 is 1.33 bits per heavy atom. The number of amides is 1. The van der Waals surface area contributed by atoms with Crippen LogP contribution in [0, 0.1) is 11.3 Å². The Kier molecular flexibility index (Phi) is 6.38. The molecule has 0 atom stereocenters. The lowest BCUT2D eigenvalue weighted by molar-refractivity contribution is -0.137. The summed E-state index contributed by atoms with van der Waals surface area (Å²) in [7, 11) is 0. The number of nitrogens with zero attached hydrogens (tertiary/aromatic N) is 2. The van der Waals surface area contributed by atoms with Crippen molar-refractivity contribution in [2.75, 3.05) is 6.54 Å². The molecule has 1 aliphatic rings. The fourth-order valence-electron chi connectivity index (χ4n) is 3.53. The van der Waals surface area contributed by atoms with Crippen molar-refractivity contribution in [2.24, 2.45) is 5.73 Å². The first kappa shape index (κ1) is 20.0. The molecule has 1 amide bonds. The Morgan fingerprint density at radius 3 is 2.33 bits per heavy atom. The Labute approximate surface area is 143 Å². The molecule has 7 heteroatoms. The van der Waals surface area contributed by atoms with E-state index in [-0.39, 0.29) is 35.7 Å². The maximum Gasteiger partial charge on any atom is 0.303 e. The zero-order valence-corrected chi connectivity index (χ0v) is 14.9. The minimum absolute atomic E-state index is 0.0157. The normalized spacial score (nSPS) is 20.3. The number of carboxylic acids is 1. The van der Waals surface area contributed by atoms with Crippen molar-refractivity contribution in [3.8, 4) is 6.07 Å². The Bertz CT molecular complexity index is 543. The molecule has 0 spiro atoms. The van der Waals surface area contributed by atoms with E-state index in [1.165, 1.54) is 0 Å². The fourth-order valence-corrected chi connectivity index (χ4v) is 3.53. The van der Waals surface area contributed by atoms with Gasteiger partial charge in [0, 0.05) is 36.3 Å². The summed E-state index contributed by atoms with van der Waals surface area (Å²) in [6.45, 7) is 8.41. The van der Waals surface area contributed by atoms with Gasteiger partial charge in [-0.05, 0) is 47.0 Å². The maximum absolute atomic E-state index is 12.2. The smallest absolute Gasteiger partial charge is 0.303 e. The van der Waals surface area contributed by atoms with E-state index in [4.69, 9.17) is 10.8 Å². The third-order valence-corrected chi connectivity index (χ3v) is 4.30. The van der Waals surface area contributed by atoms with Gasteiger partial charge in [-0.2, -0.15) is 5.26 Å². The molecule has 134 valence electrons. The number of nitriles is 1. The van der Waals surface area contributed by atoms with Crippen molar-refractivity contribution >= 4 is 11.9 Å². The average molecular weight is 336 g/mol. The van der Waals surface area contributed by atoms with Crippen molar-refractivity contribution in [1.82, 2.24) is 10.2 Å². The first-order valence-electron chi connectivity index (χ1n) is 8.16. The summed E-state index contributed by atoms with van der Waals surface area (Å²) in [5.74, 6) is -1.39. The molecule has 1 saturated heterocycles. The number of nitrogens with one attached hydrogen (secondary N) is 1. The highest BCUT2D eigenvalue weighted by Gasteiger charge is 2.43. The third kappa shape index (κ3) is 5.24. The van der Waals surface area contributed by atoms with Crippen molar-refractivity contribution in [3.63, 3.8) is 0 Å². The third-order valence-electron chi connectivity index (χ3n) is 4.30. The van der Waals surface area contributed by atoms with E-state index in [0.717, 1.165) is 12.8 Å². The van der Waals surface area contributed by atoms with Crippen molar-refractivity contribution in [3.05, 3.63) is 11.8 Å². The van der Waals surface area contributed by atoms with Crippen LogP contribution in [0.15, 0.2) is 11.8 Å². The van der Waals surface area contributed by atoms with Gasteiger partial charge in [-0.1, -0.05) is 0 Å². The summed E-state index contributed by atoms with van der Waals surface area (Å²) in [6.07, 6.45) is 3.46. The summed E-state index contributed by atoms with van der Waals surface area (Å²) in [5, 5.41) is 20.5. The SMILES string of the molecule is CC1(C)CC(N)CC(C)(C)N1/C=C(/C#N)C(=O)NCCCC(=O)O. The van der Waals surface area contributed by atoms with E-state index in [9.17, 15) is 14.9 Å². The largest absolute Gasteiger partial charge is 0.481 e. The molecule has 24 heavy (non-hydrogen) atoms. The zero-order valence-electron chi connectivity index (χ0n) is 14.9. The summed E-state index contributed by atoms with van der Waals surface area (Å²) in [4.78, 5) is 24.7. The molecule has 1 rings (SSSR count). The van der Waals surface area contributed by atoms with E-state index < -0.39 is 11.9 Å². The van der Waals surface area contributed by atoms with Gasteiger partial charge in [0.2, 0.25) is 0 Å². The molecule has 1 fully saturated rings. The fraction of sp³-hybridized carbons (Fsp3) is 0.706. The second-order valence-electron chi connectivity index (χ2n) is 7.57. The lowest BCUT2D eigenvalue weighted by Gasteiger charge is -2.54. The topological polar surface area (TPSA) is 119 Å². The number of aliphatic carboxylic acids is 1. The quantitative estimate of drug-likeness (QED) is 0.383. The minimum Gasteiger partial charge on any atom is -0.481 e. The lowest BCUT2D eigenvalue weighted by Crippen LogP contribution is -2.61. The van der Waals surface area contributed by atoms with Crippen LogP contribution in [0.2, 0.25) is 0 Å². The van der Waals surface area contributed by atoms with Crippen LogP contribution in [0.3, 0.4) is 0 Å². The molecule has 0 aromatic heterocycles. The van der Waals surface area contributed by atoms with Crippen LogP contribution in [0.25, 0.3) is 0 Å². The summed E-state index contributed by atoms with van der Waals surface area (Å²) < 4.78 is 0.